The Morgan fingerprint density at radius 2 is 1.59 bits per heavy atom. The Morgan fingerprint density at radius 3 is 2.23 bits per heavy atom. The predicted octanol–water partition coefficient (Wildman–Crippen LogP) is 3.98. The summed E-state index contributed by atoms with van der Waals surface area (Å²) in [5.41, 5.74) is 2.64. The molecule has 4 rings (SSSR count). The monoisotopic (exact) mass is 556 g/mol. The van der Waals surface area contributed by atoms with E-state index in [4.69, 9.17) is 9.47 Å². The molecule has 0 amide bonds. The van der Waals surface area contributed by atoms with Gasteiger partial charge in [-0.15, -0.1) is 11.3 Å². The number of para-hydroxylation sites is 1. The molecule has 0 atom stereocenters. The summed E-state index contributed by atoms with van der Waals surface area (Å²) in [7, 11) is 0. The number of thiophene rings is 1. The second-order valence-corrected chi connectivity index (χ2v) is 9.49. The maximum atomic E-state index is 11.2. The van der Waals surface area contributed by atoms with Gasteiger partial charge in [0.15, 0.2) is 0 Å². The molecule has 0 spiro atoms. The van der Waals surface area contributed by atoms with Crippen molar-refractivity contribution in [3.63, 3.8) is 0 Å². The van der Waals surface area contributed by atoms with Crippen LogP contribution < -0.4 is 44.1 Å². The molecule has 4 aromatic rings. The van der Waals surface area contributed by atoms with Crippen LogP contribution >= 0.6 is 11.3 Å². The van der Waals surface area contributed by atoms with Gasteiger partial charge in [-0.25, -0.2) is 0 Å². The zero-order chi connectivity index (χ0) is 27.5. The second kappa shape index (κ2) is 16.2. The number of rotatable bonds is 10. The average Bonchev–Trinajstić information content (AvgIpc) is 3.44. The fourth-order valence-corrected chi connectivity index (χ4v) is 4.61. The Kier molecular flexibility index (Phi) is 13.4. The minimum absolute atomic E-state index is 0. The van der Waals surface area contributed by atoms with E-state index in [1.807, 2.05) is 48.7 Å². The van der Waals surface area contributed by atoms with Crippen LogP contribution in [0.1, 0.15) is 55.1 Å². The van der Waals surface area contributed by atoms with Crippen LogP contribution in [0, 0.1) is 0 Å². The molecule has 0 bridgehead atoms. The normalized spacial score (nSPS) is 10.1. The molecule has 0 fully saturated rings. The topological polar surface area (TPSA) is 99.1 Å². The average molecular weight is 557 g/mol. The van der Waals surface area contributed by atoms with Gasteiger partial charge in [-0.1, -0.05) is 51.5 Å². The Morgan fingerprint density at radius 1 is 0.872 bits per heavy atom. The largest absolute Gasteiger partial charge is 1.00 e. The van der Waals surface area contributed by atoms with E-state index >= 15 is 0 Å². The Labute approximate surface area is 256 Å². The molecular weight excluding hydrogens is 523 g/mol. The third-order valence-corrected chi connectivity index (χ3v) is 6.65. The SMILES string of the molecule is CCCOc1cccc(Oc2ccccc2C(=O)[O-])c1CCC.CCc1cc(-c2cccs2)c(O)cc1O.[Na+]. The van der Waals surface area contributed by atoms with Gasteiger partial charge in [0.25, 0.3) is 0 Å². The number of benzene rings is 3. The first-order valence-electron chi connectivity index (χ1n) is 12.7. The number of phenolic OH excluding ortho intramolecular Hbond substituents is 2. The van der Waals surface area contributed by atoms with Gasteiger partial charge in [0.1, 0.15) is 28.7 Å². The number of hydrogen-bond donors (Lipinski definition) is 2. The Balaban J connectivity index is 0.000000289. The van der Waals surface area contributed by atoms with Crippen molar-refractivity contribution >= 4 is 17.3 Å². The van der Waals surface area contributed by atoms with Gasteiger partial charge in [-0.3, -0.25) is 0 Å². The van der Waals surface area contributed by atoms with E-state index in [0.717, 1.165) is 53.0 Å². The Bertz CT molecular complexity index is 1340. The third kappa shape index (κ3) is 8.77. The Hall–Kier alpha value is -2.97. The van der Waals surface area contributed by atoms with Crippen LogP contribution in [0.5, 0.6) is 28.7 Å². The van der Waals surface area contributed by atoms with Crippen molar-refractivity contribution in [1.29, 1.82) is 0 Å². The predicted molar refractivity (Wildman–Crippen MR) is 150 cm³/mol. The molecule has 8 heteroatoms. The molecular formula is C31H33NaO6S. The minimum Gasteiger partial charge on any atom is -0.545 e. The van der Waals surface area contributed by atoms with Crippen molar-refractivity contribution < 1.29 is 59.1 Å². The van der Waals surface area contributed by atoms with Crippen LogP contribution in [0.4, 0.5) is 0 Å². The van der Waals surface area contributed by atoms with Crippen molar-refractivity contribution in [2.24, 2.45) is 0 Å². The fourth-order valence-electron chi connectivity index (χ4n) is 3.86. The minimum atomic E-state index is -1.25. The van der Waals surface area contributed by atoms with Gasteiger partial charge >= 0.3 is 29.6 Å². The number of carboxylic acids is 1. The van der Waals surface area contributed by atoms with Crippen molar-refractivity contribution in [3.8, 4) is 39.2 Å². The molecule has 0 saturated carbocycles. The van der Waals surface area contributed by atoms with Crippen LogP contribution in [-0.4, -0.2) is 22.8 Å². The molecule has 0 aliphatic heterocycles. The molecule has 2 N–H and O–H groups in total. The number of carboxylic acid groups (broad SMARTS) is 1. The van der Waals surface area contributed by atoms with Gasteiger partial charge < -0.3 is 29.6 Å². The number of aromatic hydroxyl groups is 2. The van der Waals surface area contributed by atoms with Gasteiger partial charge in [0.2, 0.25) is 0 Å². The summed E-state index contributed by atoms with van der Waals surface area (Å²) in [6.07, 6.45) is 3.41. The summed E-state index contributed by atoms with van der Waals surface area (Å²) in [5.74, 6) is 0.724. The fraction of sp³-hybridized carbons (Fsp3) is 0.258. The number of aromatic carboxylic acids is 1. The molecule has 0 aliphatic carbocycles. The van der Waals surface area contributed by atoms with Gasteiger partial charge in [0, 0.05) is 27.6 Å². The smallest absolute Gasteiger partial charge is 0.545 e. The van der Waals surface area contributed by atoms with Crippen molar-refractivity contribution in [1.82, 2.24) is 0 Å². The summed E-state index contributed by atoms with van der Waals surface area (Å²) >= 11 is 1.57. The maximum Gasteiger partial charge on any atom is 1.00 e. The molecule has 0 radical (unpaired) electrons. The zero-order valence-corrected chi connectivity index (χ0v) is 25.7. The van der Waals surface area contributed by atoms with Gasteiger partial charge in [0.05, 0.1) is 12.6 Å². The van der Waals surface area contributed by atoms with E-state index in [1.54, 1.807) is 29.5 Å². The first-order valence-corrected chi connectivity index (χ1v) is 13.6. The van der Waals surface area contributed by atoms with Crippen LogP contribution in [0.15, 0.2) is 72.1 Å². The molecule has 1 aromatic heterocycles. The summed E-state index contributed by atoms with van der Waals surface area (Å²) in [6.45, 7) is 6.74. The van der Waals surface area contributed by atoms with Crippen molar-refractivity contribution in [2.45, 2.75) is 46.5 Å². The van der Waals surface area contributed by atoms with Crippen LogP contribution in [0.3, 0.4) is 0 Å². The van der Waals surface area contributed by atoms with E-state index in [2.05, 4.69) is 13.8 Å². The number of carbonyl (C=O) groups excluding carboxylic acids is 1. The first kappa shape index (κ1) is 32.2. The van der Waals surface area contributed by atoms with E-state index < -0.39 is 5.97 Å². The van der Waals surface area contributed by atoms with E-state index in [-0.39, 0.29) is 52.4 Å². The van der Waals surface area contributed by atoms with Crippen molar-refractivity contribution in [2.75, 3.05) is 6.61 Å². The standard InChI is InChI=1S/C19H22O4.C12H12O2S.Na/c1-3-8-14-16(22-13-4-2)11-7-12-17(14)23-18-10-6-5-9-15(18)19(20)21;1-2-8-6-9(11(14)7-10(8)13)12-4-3-5-15-12;/h5-7,9-12H,3-4,8,13H2,1-2H3,(H,20,21);3-7,13-14H,2H2,1H3;/q;;+1/p-1. The molecule has 39 heavy (non-hydrogen) atoms. The maximum absolute atomic E-state index is 11.2. The molecule has 6 nitrogen and oxygen atoms in total. The number of hydrogen-bond acceptors (Lipinski definition) is 7. The summed E-state index contributed by atoms with van der Waals surface area (Å²) < 4.78 is 11.7. The summed E-state index contributed by atoms with van der Waals surface area (Å²) in [4.78, 5) is 12.2. The third-order valence-electron chi connectivity index (χ3n) is 5.74. The van der Waals surface area contributed by atoms with E-state index in [0.29, 0.717) is 12.4 Å². The van der Waals surface area contributed by atoms with E-state index in [1.165, 1.54) is 12.1 Å². The number of carbonyl (C=O) groups is 1. The summed E-state index contributed by atoms with van der Waals surface area (Å²) in [5, 5.41) is 32.5. The second-order valence-electron chi connectivity index (χ2n) is 8.55. The molecule has 200 valence electrons. The number of aryl methyl sites for hydroxylation is 1. The summed E-state index contributed by atoms with van der Waals surface area (Å²) in [6, 6.07) is 19.2. The van der Waals surface area contributed by atoms with Crippen LogP contribution in [0.25, 0.3) is 10.4 Å². The molecule has 3 aromatic carbocycles. The molecule has 1 heterocycles. The van der Waals surface area contributed by atoms with Gasteiger partial charge in [-0.05, 0) is 66.6 Å². The van der Waals surface area contributed by atoms with Crippen LogP contribution in [0.2, 0.25) is 0 Å². The first-order chi connectivity index (χ1) is 18.4. The molecule has 0 aliphatic rings. The van der Waals surface area contributed by atoms with E-state index in [9.17, 15) is 20.1 Å². The van der Waals surface area contributed by atoms with Gasteiger partial charge in [-0.2, -0.15) is 0 Å². The number of ether oxygens (including phenoxy) is 2. The number of phenols is 2. The zero-order valence-electron chi connectivity index (χ0n) is 22.9. The van der Waals surface area contributed by atoms with Crippen molar-refractivity contribution in [3.05, 3.63) is 88.8 Å². The molecule has 0 unspecified atom stereocenters. The quantitative estimate of drug-likeness (QED) is 0.287. The molecule has 0 saturated heterocycles. The van der Waals surface area contributed by atoms with Crippen LogP contribution in [-0.2, 0) is 12.8 Å².